The fourth-order valence-electron chi connectivity index (χ4n) is 3.47. The molecule has 0 atom stereocenters. The maximum Gasteiger partial charge on any atom is 0.259 e. The van der Waals surface area contributed by atoms with Crippen LogP contribution in [0.2, 0.25) is 0 Å². The summed E-state index contributed by atoms with van der Waals surface area (Å²) in [6, 6.07) is 14.8. The fourth-order valence-corrected chi connectivity index (χ4v) is 3.74. The van der Waals surface area contributed by atoms with Gasteiger partial charge in [0.25, 0.3) is 11.8 Å². The van der Waals surface area contributed by atoms with Crippen LogP contribution in [0.4, 0.5) is 5.69 Å². The molecule has 6 nitrogen and oxygen atoms in total. The van der Waals surface area contributed by atoms with Gasteiger partial charge >= 0.3 is 0 Å². The van der Waals surface area contributed by atoms with Gasteiger partial charge in [0.15, 0.2) is 0 Å². The molecule has 2 heterocycles. The SMILES string of the molecule is Cc1c(C(=O)Nc2ccc(C(=O)N3CCCC3)cc2)cnn1-c1ccc(Br)cc1. The minimum Gasteiger partial charge on any atom is -0.339 e. The molecule has 1 aromatic heterocycles. The Kier molecular flexibility index (Phi) is 5.49. The lowest BCUT2D eigenvalue weighted by Gasteiger charge is -2.15. The summed E-state index contributed by atoms with van der Waals surface area (Å²) in [5, 5.41) is 7.23. The van der Waals surface area contributed by atoms with Gasteiger partial charge in [-0.2, -0.15) is 5.10 Å². The third-order valence-corrected chi connectivity index (χ3v) is 5.64. The van der Waals surface area contributed by atoms with Gasteiger partial charge in [0, 0.05) is 28.8 Å². The zero-order valence-electron chi connectivity index (χ0n) is 16.1. The number of rotatable bonds is 4. The summed E-state index contributed by atoms with van der Waals surface area (Å²) in [7, 11) is 0. The summed E-state index contributed by atoms with van der Waals surface area (Å²) >= 11 is 3.42. The Balaban J connectivity index is 1.47. The topological polar surface area (TPSA) is 67.2 Å². The number of nitrogens with one attached hydrogen (secondary N) is 1. The molecular formula is C22H21BrN4O2. The first-order valence-corrected chi connectivity index (χ1v) is 10.3. The van der Waals surface area contributed by atoms with Crippen molar-refractivity contribution in [2.24, 2.45) is 0 Å². The minimum atomic E-state index is -0.232. The van der Waals surface area contributed by atoms with Gasteiger partial charge < -0.3 is 10.2 Å². The quantitative estimate of drug-likeness (QED) is 0.636. The number of anilines is 1. The van der Waals surface area contributed by atoms with E-state index in [1.165, 1.54) is 0 Å². The number of nitrogens with zero attached hydrogens (tertiary/aromatic N) is 3. The summed E-state index contributed by atoms with van der Waals surface area (Å²) in [6.07, 6.45) is 3.69. The van der Waals surface area contributed by atoms with Gasteiger partial charge in [-0.25, -0.2) is 4.68 Å². The number of aromatic nitrogens is 2. The maximum absolute atomic E-state index is 12.7. The molecule has 29 heavy (non-hydrogen) atoms. The number of amides is 2. The van der Waals surface area contributed by atoms with Crippen molar-refractivity contribution in [3.63, 3.8) is 0 Å². The molecule has 1 aliphatic rings. The molecule has 7 heteroatoms. The second-order valence-corrected chi connectivity index (χ2v) is 7.98. The third kappa shape index (κ3) is 4.10. The lowest BCUT2D eigenvalue weighted by atomic mass is 10.1. The number of carbonyl (C=O) groups excluding carboxylic acids is 2. The highest BCUT2D eigenvalue weighted by Gasteiger charge is 2.20. The lowest BCUT2D eigenvalue weighted by Crippen LogP contribution is -2.27. The molecule has 148 valence electrons. The highest BCUT2D eigenvalue weighted by atomic mass is 79.9. The fraction of sp³-hybridized carbons (Fsp3) is 0.227. The van der Waals surface area contributed by atoms with Crippen LogP contribution < -0.4 is 5.32 Å². The zero-order chi connectivity index (χ0) is 20.4. The Bertz CT molecular complexity index is 1040. The van der Waals surface area contributed by atoms with E-state index in [9.17, 15) is 9.59 Å². The molecule has 2 amide bonds. The number of hydrogen-bond donors (Lipinski definition) is 1. The van der Waals surface area contributed by atoms with E-state index >= 15 is 0 Å². The Morgan fingerprint density at radius 3 is 2.31 bits per heavy atom. The van der Waals surface area contributed by atoms with Crippen molar-refractivity contribution in [3.05, 3.63) is 76.0 Å². The Hall–Kier alpha value is -2.93. The first-order valence-electron chi connectivity index (χ1n) is 9.54. The van der Waals surface area contributed by atoms with E-state index in [2.05, 4.69) is 26.3 Å². The van der Waals surface area contributed by atoms with E-state index in [1.54, 1.807) is 35.1 Å². The van der Waals surface area contributed by atoms with Crippen LogP contribution in [0, 0.1) is 6.92 Å². The molecule has 0 saturated carbocycles. The van der Waals surface area contributed by atoms with Crippen LogP contribution in [-0.2, 0) is 0 Å². The summed E-state index contributed by atoms with van der Waals surface area (Å²) in [5.41, 5.74) is 3.43. The number of halogens is 1. The first kappa shape index (κ1) is 19.4. The molecule has 0 radical (unpaired) electrons. The van der Waals surface area contributed by atoms with Gasteiger partial charge in [-0.05, 0) is 68.3 Å². The van der Waals surface area contributed by atoms with Crippen LogP contribution in [0.1, 0.15) is 39.3 Å². The van der Waals surface area contributed by atoms with Crippen molar-refractivity contribution >= 4 is 33.4 Å². The molecule has 1 fully saturated rings. The molecule has 0 unspecified atom stereocenters. The minimum absolute atomic E-state index is 0.0481. The van der Waals surface area contributed by atoms with E-state index < -0.39 is 0 Å². The second-order valence-electron chi connectivity index (χ2n) is 7.06. The molecule has 2 aromatic carbocycles. The van der Waals surface area contributed by atoms with E-state index in [1.807, 2.05) is 36.1 Å². The molecule has 1 N–H and O–H groups in total. The molecule has 0 spiro atoms. The van der Waals surface area contributed by atoms with Gasteiger partial charge in [0.05, 0.1) is 23.1 Å². The van der Waals surface area contributed by atoms with Crippen molar-refractivity contribution < 1.29 is 9.59 Å². The summed E-state index contributed by atoms with van der Waals surface area (Å²) in [5.74, 6) is -0.184. The predicted molar refractivity (Wildman–Crippen MR) is 116 cm³/mol. The van der Waals surface area contributed by atoms with E-state index in [-0.39, 0.29) is 11.8 Å². The van der Waals surface area contributed by atoms with Crippen molar-refractivity contribution in [2.45, 2.75) is 19.8 Å². The van der Waals surface area contributed by atoms with Crippen LogP contribution in [0.5, 0.6) is 0 Å². The molecule has 1 saturated heterocycles. The average Bonchev–Trinajstić information content (AvgIpc) is 3.39. The van der Waals surface area contributed by atoms with Gasteiger partial charge in [0.2, 0.25) is 0 Å². The Labute approximate surface area is 177 Å². The average molecular weight is 453 g/mol. The predicted octanol–water partition coefficient (Wildman–Crippen LogP) is 4.43. The van der Waals surface area contributed by atoms with E-state index in [4.69, 9.17) is 0 Å². The second kappa shape index (κ2) is 8.21. The monoisotopic (exact) mass is 452 g/mol. The number of hydrogen-bond acceptors (Lipinski definition) is 3. The van der Waals surface area contributed by atoms with E-state index in [0.717, 1.165) is 41.8 Å². The molecule has 0 aliphatic carbocycles. The zero-order valence-corrected chi connectivity index (χ0v) is 17.6. The van der Waals surface area contributed by atoms with Crippen LogP contribution in [0.25, 0.3) is 5.69 Å². The summed E-state index contributed by atoms with van der Waals surface area (Å²) < 4.78 is 2.72. The molecule has 0 bridgehead atoms. The van der Waals surface area contributed by atoms with Gasteiger partial charge in [-0.1, -0.05) is 15.9 Å². The number of likely N-dealkylation sites (tertiary alicyclic amines) is 1. The molecule has 4 rings (SSSR count). The Morgan fingerprint density at radius 2 is 1.66 bits per heavy atom. The van der Waals surface area contributed by atoms with Gasteiger partial charge in [-0.15, -0.1) is 0 Å². The van der Waals surface area contributed by atoms with Crippen LogP contribution in [0.3, 0.4) is 0 Å². The van der Waals surface area contributed by atoms with Crippen molar-refractivity contribution in [1.29, 1.82) is 0 Å². The lowest BCUT2D eigenvalue weighted by molar-refractivity contribution is 0.0792. The van der Waals surface area contributed by atoms with Crippen LogP contribution >= 0.6 is 15.9 Å². The van der Waals surface area contributed by atoms with Gasteiger partial charge in [0.1, 0.15) is 0 Å². The van der Waals surface area contributed by atoms with Crippen molar-refractivity contribution in [1.82, 2.24) is 14.7 Å². The standard InChI is InChI=1S/C22H21BrN4O2/c1-15-20(14-24-27(15)19-10-6-17(23)7-11-19)21(28)25-18-8-4-16(5-9-18)22(29)26-12-2-3-13-26/h4-11,14H,2-3,12-13H2,1H3,(H,25,28). The first-order chi connectivity index (χ1) is 14.0. The summed E-state index contributed by atoms with van der Waals surface area (Å²) in [4.78, 5) is 27.0. The van der Waals surface area contributed by atoms with Crippen molar-refractivity contribution in [3.8, 4) is 5.69 Å². The van der Waals surface area contributed by atoms with E-state index in [0.29, 0.717) is 16.8 Å². The largest absolute Gasteiger partial charge is 0.339 e. The van der Waals surface area contributed by atoms with Crippen LogP contribution in [0.15, 0.2) is 59.2 Å². The van der Waals surface area contributed by atoms with Crippen molar-refractivity contribution in [2.75, 3.05) is 18.4 Å². The summed E-state index contributed by atoms with van der Waals surface area (Å²) in [6.45, 7) is 3.50. The number of benzene rings is 2. The third-order valence-electron chi connectivity index (χ3n) is 5.11. The smallest absolute Gasteiger partial charge is 0.259 e. The van der Waals surface area contributed by atoms with Crippen LogP contribution in [-0.4, -0.2) is 39.6 Å². The maximum atomic E-state index is 12.7. The van der Waals surface area contributed by atoms with Gasteiger partial charge in [-0.3, -0.25) is 9.59 Å². The normalized spacial score (nSPS) is 13.5. The highest BCUT2D eigenvalue weighted by molar-refractivity contribution is 9.10. The Morgan fingerprint density at radius 1 is 1.00 bits per heavy atom. The molecule has 1 aliphatic heterocycles. The number of carbonyl (C=O) groups is 2. The molecular weight excluding hydrogens is 432 g/mol. The molecule has 3 aromatic rings. The highest BCUT2D eigenvalue weighted by Crippen LogP contribution is 2.19.